The molecule has 2 aliphatic heterocycles. The molecule has 2 aliphatic rings. The maximum Gasteiger partial charge on any atom is 0.407 e. The standard InChI is InChI=1S/C17H23BrN4O5/c1-27-16-9-14(13(18)8-15(16)22(25)26)20-6-4-19(5-7-20)10-12-2-3-21(11-12)17(23)24/h8-9,12H,2-7,10-11H2,1H3,(H,23,24). The molecule has 1 amide bonds. The van der Waals surface area contributed by atoms with E-state index in [9.17, 15) is 14.9 Å². The van der Waals surface area contributed by atoms with E-state index >= 15 is 0 Å². The third-order valence-corrected chi connectivity index (χ3v) is 5.87. The smallest absolute Gasteiger partial charge is 0.407 e. The van der Waals surface area contributed by atoms with Crippen LogP contribution in [-0.4, -0.2) is 78.8 Å². The summed E-state index contributed by atoms with van der Waals surface area (Å²) in [4.78, 5) is 27.8. The number of nitrogens with zero attached hydrogens (tertiary/aromatic N) is 4. The summed E-state index contributed by atoms with van der Waals surface area (Å²) in [7, 11) is 1.43. The maximum atomic E-state index is 11.1. The number of methoxy groups -OCH3 is 1. The van der Waals surface area contributed by atoms with Crippen molar-refractivity contribution in [2.45, 2.75) is 6.42 Å². The van der Waals surface area contributed by atoms with Gasteiger partial charge in [0, 0.05) is 62.4 Å². The topological polar surface area (TPSA) is 99.4 Å². The van der Waals surface area contributed by atoms with Crippen LogP contribution in [0.4, 0.5) is 16.2 Å². The second kappa shape index (κ2) is 8.30. The first-order chi connectivity index (χ1) is 12.9. The number of carbonyl (C=O) groups is 1. The summed E-state index contributed by atoms with van der Waals surface area (Å²) in [6, 6.07) is 3.19. The van der Waals surface area contributed by atoms with Crippen molar-refractivity contribution in [2.24, 2.45) is 5.92 Å². The predicted octanol–water partition coefficient (Wildman–Crippen LogP) is 2.49. The minimum atomic E-state index is -0.834. The molecule has 1 N–H and O–H groups in total. The fourth-order valence-corrected chi connectivity index (χ4v) is 4.35. The van der Waals surface area contributed by atoms with Gasteiger partial charge < -0.3 is 19.6 Å². The van der Waals surface area contributed by atoms with E-state index in [2.05, 4.69) is 25.7 Å². The molecule has 1 aromatic carbocycles. The Balaban J connectivity index is 1.59. The van der Waals surface area contributed by atoms with Crippen LogP contribution >= 0.6 is 15.9 Å². The monoisotopic (exact) mass is 442 g/mol. The summed E-state index contributed by atoms with van der Waals surface area (Å²) in [6.07, 6.45) is 0.0803. The van der Waals surface area contributed by atoms with Crippen LogP contribution in [-0.2, 0) is 0 Å². The van der Waals surface area contributed by atoms with Gasteiger partial charge in [-0.2, -0.15) is 0 Å². The molecule has 1 unspecified atom stereocenters. The lowest BCUT2D eigenvalue weighted by atomic mass is 10.1. The van der Waals surface area contributed by atoms with Crippen molar-refractivity contribution < 1.29 is 19.6 Å². The number of rotatable bonds is 5. The number of ether oxygens (including phenoxy) is 1. The molecule has 1 aromatic rings. The summed E-state index contributed by atoms with van der Waals surface area (Å²) in [5, 5.41) is 20.2. The third kappa shape index (κ3) is 4.44. The van der Waals surface area contributed by atoms with E-state index < -0.39 is 11.0 Å². The molecule has 0 aliphatic carbocycles. The van der Waals surface area contributed by atoms with Crippen molar-refractivity contribution in [3.8, 4) is 5.75 Å². The number of carboxylic acid groups (broad SMARTS) is 1. The molecule has 3 rings (SSSR count). The lowest BCUT2D eigenvalue weighted by molar-refractivity contribution is -0.385. The summed E-state index contributed by atoms with van der Waals surface area (Å²) >= 11 is 3.44. The van der Waals surface area contributed by atoms with Crippen molar-refractivity contribution in [1.29, 1.82) is 0 Å². The molecule has 2 fully saturated rings. The van der Waals surface area contributed by atoms with Crippen LogP contribution in [0.25, 0.3) is 0 Å². The van der Waals surface area contributed by atoms with E-state index in [0.717, 1.165) is 44.8 Å². The Morgan fingerprint density at radius 1 is 1.33 bits per heavy atom. The Labute approximate surface area is 165 Å². The first-order valence-electron chi connectivity index (χ1n) is 8.86. The van der Waals surface area contributed by atoms with Crippen LogP contribution in [0.1, 0.15) is 6.42 Å². The van der Waals surface area contributed by atoms with Gasteiger partial charge in [-0.05, 0) is 28.3 Å². The number of anilines is 1. The first-order valence-corrected chi connectivity index (χ1v) is 9.65. The predicted molar refractivity (Wildman–Crippen MR) is 104 cm³/mol. The van der Waals surface area contributed by atoms with Gasteiger partial charge in [-0.1, -0.05) is 0 Å². The fraction of sp³-hybridized carbons (Fsp3) is 0.588. The number of benzene rings is 1. The number of nitro benzene ring substituents is 1. The van der Waals surface area contributed by atoms with Gasteiger partial charge in [0.15, 0.2) is 5.75 Å². The number of piperazine rings is 1. The molecular formula is C17H23BrN4O5. The Morgan fingerprint density at radius 2 is 2.04 bits per heavy atom. The zero-order valence-corrected chi connectivity index (χ0v) is 16.7. The molecule has 9 nitrogen and oxygen atoms in total. The molecule has 2 heterocycles. The van der Waals surface area contributed by atoms with E-state index in [1.807, 2.05) is 0 Å². The Kier molecular flexibility index (Phi) is 6.05. The lowest BCUT2D eigenvalue weighted by Gasteiger charge is -2.37. The van der Waals surface area contributed by atoms with Crippen LogP contribution in [0.15, 0.2) is 16.6 Å². The number of amides is 1. The fourth-order valence-electron chi connectivity index (χ4n) is 3.77. The highest BCUT2D eigenvalue weighted by Crippen LogP contribution is 2.38. The van der Waals surface area contributed by atoms with Gasteiger partial charge in [-0.3, -0.25) is 15.0 Å². The summed E-state index contributed by atoms with van der Waals surface area (Å²) < 4.78 is 5.86. The van der Waals surface area contributed by atoms with Crippen molar-refractivity contribution >= 4 is 33.4 Å². The molecule has 1 atom stereocenters. The molecule has 10 heteroatoms. The minimum Gasteiger partial charge on any atom is -0.490 e. The maximum absolute atomic E-state index is 11.1. The molecule has 2 saturated heterocycles. The van der Waals surface area contributed by atoms with Gasteiger partial charge in [0.05, 0.1) is 17.7 Å². The minimum absolute atomic E-state index is 0.0593. The highest BCUT2D eigenvalue weighted by Gasteiger charge is 2.29. The van der Waals surface area contributed by atoms with Crippen LogP contribution in [0.3, 0.4) is 0 Å². The third-order valence-electron chi connectivity index (χ3n) is 5.23. The molecule has 0 spiro atoms. The van der Waals surface area contributed by atoms with Crippen LogP contribution < -0.4 is 9.64 Å². The Morgan fingerprint density at radius 3 is 2.59 bits per heavy atom. The van der Waals surface area contributed by atoms with E-state index in [1.165, 1.54) is 18.1 Å². The molecule has 0 saturated carbocycles. The normalized spacial score (nSPS) is 20.7. The van der Waals surface area contributed by atoms with E-state index in [0.29, 0.717) is 23.5 Å². The average Bonchev–Trinajstić information content (AvgIpc) is 3.11. The van der Waals surface area contributed by atoms with Crippen molar-refractivity contribution in [2.75, 3.05) is 57.8 Å². The number of hydrogen-bond acceptors (Lipinski definition) is 6. The van der Waals surface area contributed by atoms with Gasteiger partial charge in [-0.15, -0.1) is 0 Å². The number of likely N-dealkylation sites (tertiary alicyclic amines) is 1. The quantitative estimate of drug-likeness (QED) is 0.552. The SMILES string of the molecule is COc1cc(N2CCN(CC3CCN(C(=O)O)C3)CC2)c(Br)cc1[N+](=O)[O-]. The van der Waals surface area contributed by atoms with Crippen LogP contribution in [0.5, 0.6) is 5.75 Å². The molecule has 0 aromatic heterocycles. The van der Waals surface area contributed by atoms with E-state index in [1.54, 1.807) is 6.07 Å². The second-order valence-electron chi connectivity index (χ2n) is 6.90. The van der Waals surface area contributed by atoms with E-state index in [-0.39, 0.29) is 11.4 Å². The average molecular weight is 443 g/mol. The number of halogens is 1. The van der Waals surface area contributed by atoms with Gasteiger partial charge in [0.25, 0.3) is 0 Å². The van der Waals surface area contributed by atoms with Crippen LogP contribution in [0, 0.1) is 16.0 Å². The summed E-state index contributed by atoms with van der Waals surface area (Å²) in [6.45, 7) is 5.48. The highest BCUT2D eigenvalue weighted by molar-refractivity contribution is 9.10. The number of hydrogen-bond donors (Lipinski definition) is 1. The Bertz CT molecular complexity index is 724. The highest BCUT2D eigenvalue weighted by atomic mass is 79.9. The molecule has 0 radical (unpaired) electrons. The summed E-state index contributed by atoms with van der Waals surface area (Å²) in [5.41, 5.74) is 0.825. The summed E-state index contributed by atoms with van der Waals surface area (Å²) in [5.74, 6) is 0.638. The van der Waals surface area contributed by atoms with Gasteiger partial charge in [-0.25, -0.2) is 4.79 Å². The molecule has 0 bridgehead atoms. The molecule has 27 heavy (non-hydrogen) atoms. The van der Waals surface area contributed by atoms with E-state index in [4.69, 9.17) is 9.84 Å². The van der Waals surface area contributed by atoms with Gasteiger partial charge >= 0.3 is 11.8 Å². The van der Waals surface area contributed by atoms with Crippen LogP contribution in [0.2, 0.25) is 0 Å². The Hall–Kier alpha value is -2.07. The lowest BCUT2D eigenvalue weighted by Crippen LogP contribution is -2.48. The van der Waals surface area contributed by atoms with Crippen molar-refractivity contribution in [1.82, 2.24) is 9.80 Å². The van der Waals surface area contributed by atoms with Gasteiger partial charge in [0.2, 0.25) is 0 Å². The number of nitro groups is 1. The molecule has 148 valence electrons. The van der Waals surface area contributed by atoms with Crippen molar-refractivity contribution in [3.63, 3.8) is 0 Å². The van der Waals surface area contributed by atoms with Crippen molar-refractivity contribution in [3.05, 3.63) is 26.7 Å². The van der Waals surface area contributed by atoms with Gasteiger partial charge in [0.1, 0.15) is 0 Å². The zero-order valence-electron chi connectivity index (χ0n) is 15.1. The first kappa shape index (κ1) is 19.7. The zero-order chi connectivity index (χ0) is 19.6. The molecular weight excluding hydrogens is 420 g/mol. The largest absolute Gasteiger partial charge is 0.490 e. The second-order valence-corrected chi connectivity index (χ2v) is 7.76.